The lowest BCUT2D eigenvalue weighted by atomic mass is 9.97. The maximum Gasteiger partial charge on any atom is 0.144 e. The van der Waals surface area contributed by atoms with E-state index in [4.69, 9.17) is 0 Å². The van der Waals surface area contributed by atoms with Gasteiger partial charge in [0, 0.05) is 17.7 Å². The molecule has 0 saturated heterocycles. The van der Waals surface area contributed by atoms with E-state index in [0.29, 0.717) is 0 Å². The van der Waals surface area contributed by atoms with Crippen molar-refractivity contribution in [3.8, 4) is 0 Å². The van der Waals surface area contributed by atoms with Crippen LogP contribution in [0, 0.1) is 0 Å². The van der Waals surface area contributed by atoms with Crippen LogP contribution in [0.4, 0.5) is 0 Å². The van der Waals surface area contributed by atoms with Crippen LogP contribution >= 0.6 is 12.6 Å². The van der Waals surface area contributed by atoms with E-state index < -0.39 is 0 Å². The van der Waals surface area contributed by atoms with Gasteiger partial charge in [-0.2, -0.15) is 0 Å². The zero-order chi connectivity index (χ0) is 7.78. The van der Waals surface area contributed by atoms with Crippen LogP contribution in [0.5, 0.6) is 0 Å². The molecule has 0 fully saturated rings. The van der Waals surface area contributed by atoms with Crippen molar-refractivity contribution in [3.63, 3.8) is 0 Å². The topological polar surface area (TPSA) is 24.4 Å². The van der Waals surface area contributed by atoms with Gasteiger partial charge in [0.15, 0.2) is 0 Å². The third-order valence-corrected chi connectivity index (χ3v) is 1.80. The lowest BCUT2D eigenvalue weighted by Crippen LogP contribution is -2.47. The first-order chi connectivity index (χ1) is 4.49. The molecule has 1 N–H and O–H groups in total. The molecule has 0 saturated carbocycles. The molecule has 1 heterocycles. The third-order valence-electron chi connectivity index (χ3n) is 1.56. The van der Waals surface area contributed by atoms with E-state index >= 15 is 0 Å². The highest BCUT2D eigenvalue weighted by atomic mass is 32.1. The normalized spacial score (nSPS) is 31.6. The molecule has 58 valence electrons. The van der Waals surface area contributed by atoms with Crippen LogP contribution < -0.4 is 5.32 Å². The number of rotatable bonds is 0. The molecular formula is C7H14N2S. The molecule has 1 unspecified atom stereocenters. The van der Waals surface area contributed by atoms with Crippen molar-refractivity contribution in [3.05, 3.63) is 0 Å². The van der Waals surface area contributed by atoms with Crippen molar-refractivity contribution in [1.82, 2.24) is 5.32 Å². The van der Waals surface area contributed by atoms with Crippen LogP contribution in [0.2, 0.25) is 0 Å². The van der Waals surface area contributed by atoms with E-state index in [1.165, 1.54) is 5.71 Å². The Balaban J connectivity index is 2.70. The lowest BCUT2D eigenvalue weighted by Gasteiger charge is -2.32. The van der Waals surface area contributed by atoms with E-state index in [2.05, 4.69) is 36.8 Å². The Morgan fingerprint density at radius 3 is 2.70 bits per heavy atom. The minimum absolute atomic E-state index is 0.0104. The van der Waals surface area contributed by atoms with Gasteiger partial charge in [-0.15, -0.1) is 12.6 Å². The van der Waals surface area contributed by atoms with E-state index in [1.807, 2.05) is 6.92 Å². The Morgan fingerprint density at radius 2 is 2.30 bits per heavy atom. The number of nitrogens with one attached hydrogen (secondary N) is 1. The molecule has 1 aliphatic rings. The summed E-state index contributed by atoms with van der Waals surface area (Å²) in [4.78, 5) is 4.25. The van der Waals surface area contributed by atoms with Crippen LogP contribution in [-0.4, -0.2) is 16.7 Å². The average molecular weight is 158 g/mol. The summed E-state index contributed by atoms with van der Waals surface area (Å²) < 4.78 is 0. The van der Waals surface area contributed by atoms with Gasteiger partial charge in [-0.05, 0) is 20.8 Å². The number of thiol groups is 1. The predicted octanol–water partition coefficient (Wildman–Crippen LogP) is 1.43. The Bertz CT molecular complexity index is 163. The summed E-state index contributed by atoms with van der Waals surface area (Å²) in [6.07, 6.45) is 1.02. The van der Waals surface area contributed by atoms with Crippen LogP contribution in [0.3, 0.4) is 0 Å². The highest BCUT2D eigenvalue weighted by molar-refractivity contribution is 7.80. The molecule has 1 atom stereocenters. The van der Waals surface area contributed by atoms with Gasteiger partial charge in [0.05, 0.1) is 0 Å². The van der Waals surface area contributed by atoms with Crippen LogP contribution in [0.15, 0.2) is 4.99 Å². The van der Waals surface area contributed by atoms with Gasteiger partial charge in [-0.3, -0.25) is 10.3 Å². The molecule has 0 amide bonds. The second kappa shape index (κ2) is 2.55. The molecule has 1 rings (SSSR count). The fourth-order valence-corrected chi connectivity index (χ4v) is 1.87. The van der Waals surface area contributed by atoms with Gasteiger partial charge < -0.3 is 0 Å². The molecular weight excluding hydrogens is 144 g/mol. The standard InChI is InChI=1S/C7H14N2S/c1-5-4-7(2,3)9-6(10)8-5/h6,9-10H,4H2,1-3H3. The van der Waals surface area contributed by atoms with Crippen LogP contribution in [-0.2, 0) is 0 Å². The van der Waals surface area contributed by atoms with Crippen molar-refractivity contribution in [2.24, 2.45) is 4.99 Å². The van der Waals surface area contributed by atoms with Gasteiger partial charge in [0.1, 0.15) is 5.50 Å². The maximum absolute atomic E-state index is 4.25. The fourth-order valence-electron chi connectivity index (χ4n) is 1.33. The van der Waals surface area contributed by atoms with Crippen molar-refractivity contribution in [2.45, 2.75) is 38.2 Å². The van der Waals surface area contributed by atoms with Crippen molar-refractivity contribution >= 4 is 18.3 Å². The molecule has 10 heavy (non-hydrogen) atoms. The van der Waals surface area contributed by atoms with Crippen molar-refractivity contribution < 1.29 is 0 Å². The molecule has 0 aromatic heterocycles. The van der Waals surface area contributed by atoms with Crippen LogP contribution in [0.25, 0.3) is 0 Å². The molecule has 0 bridgehead atoms. The summed E-state index contributed by atoms with van der Waals surface area (Å²) in [7, 11) is 0. The Labute approximate surface area is 67.5 Å². The minimum Gasteiger partial charge on any atom is -0.282 e. The van der Waals surface area contributed by atoms with Crippen LogP contribution in [0.1, 0.15) is 27.2 Å². The fraction of sp³-hybridized carbons (Fsp3) is 0.857. The first kappa shape index (κ1) is 8.08. The Hall–Kier alpha value is -0.0200. The Kier molecular flexibility index (Phi) is 2.06. The lowest BCUT2D eigenvalue weighted by molar-refractivity contribution is 0.379. The molecule has 3 heteroatoms. The zero-order valence-corrected chi connectivity index (χ0v) is 7.57. The molecule has 0 aromatic carbocycles. The van der Waals surface area contributed by atoms with E-state index in [-0.39, 0.29) is 11.0 Å². The highest BCUT2D eigenvalue weighted by Crippen LogP contribution is 2.17. The van der Waals surface area contributed by atoms with Crippen molar-refractivity contribution in [1.29, 1.82) is 0 Å². The first-order valence-electron chi connectivity index (χ1n) is 3.49. The summed E-state index contributed by atoms with van der Waals surface area (Å²) >= 11 is 4.24. The smallest absolute Gasteiger partial charge is 0.144 e. The quantitative estimate of drug-likeness (QED) is 0.512. The van der Waals surface area contributed by atoms with Gasteiger partial charge in [0.25, 0.3) is 0 Å². The molecule has 1 aliphatic heterocycles. The predicted molar refractivity (Wildman–Crippen MR) is 47.7 cm³/mol. The third kappa shape index (κ3) is 1.99. The van der Waals surface area contributed by atoms with Crippen molar-refractivity contribution in [2.75, 3.05) is 0 Å². The highest BCUT2D eigenvalue weighted by Gasteiger charge is 2.24. The van der Waals surface area contributed by atoms with E-state index in [9.17, 15) is 0 Å². The summed E-state index contributed by atoms with van der Waals surface area (Å²) in [6, 6.07) is 0. The number of hydrogen-bond acceptors (Lipinski definition) is 3. The Morgan fingerprint density at radius 1 is 1.70 bits per heavy atom. The molecule has 0 aromatic rings. The second-order valence-electron chi connectivity index (χ2n) is 3.44. The largest absolute Gasteiger partial charge is 0.282 e. The number of nitrogens with zero attached hydrogens (tertiary/aromatic N) is 1. The van der Waals surface area contributed by atoms with Gasteiger partial charge in [-0.1, -0.05) is 0 Å². The number of aliphatic imine (C=N–C) groups is 1. The molecule has 0 radical (unpaired) electrons. The summed E-state index contributed by atoms with van der Waals surface area (Å²) in [5.41, 5.74) is 1.34. The van der Waals surface area contributed by atoms with Gasteiger partial charge in [-0.25, -0.2) is 0 Å². The van der Waals surface area contributed by atoms with Gasteiger partial charge in [0.2, 0.25) is 0 Å². The summed E-state index contributed by atoms with van der Waals surface area (Å²) in [5.74, 6) is 0. The SMILES string of the molecule is CC1=NC(S)NC(C)(C)C1. The first-order valence-corrected chi connectivity index (χ1v) is 4.00. The minimum atomic E-state index is -0.0104. The maximum atomic E-state index is 4.25. The number of hydrogen-bond donors (Lipinski definition) is 2. The molecule has 0 aliphatic carbocycles. The summed E-state index contributed by atoms with van der Waals surface area (Å²) in [5, 5.41) is 3.26. The van der Waals surface area contributed by atoms with Gasteiger partial charge >= 0.3 is 0 Å². The molecule has 0 spiro atoms. The zero-order valence-electron chi connectivity index (χ0n) is 6.68. The van der Waals surface area contributed by atoms with E-state index in [1.54, 1.807) is 0 Å². The molecule has 2 nitrogen and oxygen atoms in total. The second-order valence-corrected chi connectivity index (χ2v) is 3.93. The monoisotopic (exact) mass is 158 g/mol. The summed E-state index contributed by atoms with van der Waals surface area (Å²) in [6.45, 7) is 6.37. The van der Waals surface area contributed by atoms with E-state index in [0.717, 1.165) is 6.42 Å². The average Bonchev–Trinajstić information content (AvgIpc) is 1.54.